The van der Waals surface area contributed by atoms with Crippen LogP contribution in [0.3, 0.4) is 0 Å². The molecule has 0 heterocycles. The standard InChI is InChI=1S/C17H17FO/c1-12-4-3-5-14(10-12)7-9-17(19)15-8-6-13(2)16(18)11-15/h3-6,8,10-11H,7,9H2,1-2H3. The largest absolute Gasteiger partial charge is 0.294 e. The molecule has 2 aromatic rings. The van der Waals surface area contributed by atoms with Crippen molar-refractivity contribution in [1.82, 2.24) is 0 Å². The van der Waals surface area contributed by atoms with E-state index in [-0.39, 0.29) is 11.6 Å². The fraction of sp³-hybridized carbons (Fsp3) is 0.235. The van der Waals surface area contributed by atoms with Gasteiger partial charge in [-0.2, -0.15) is 0 Å². The number of carbonyl (C=O) groups is 1. The quantitative estimate of drug-likeness (QED) is 0.747. The molecule has 0 spiro atoms. The zero-order valence-corrected chi connectivity index (χ0v) is 11.2. The van der Waals surface area contributed by atoms with Crippen molar-refractivity contribution >= 4 is 5.78 Å². The van der Waals surface area contributed by atoms with Gasteiger partial charge in [0, 0.05) is 12.0 Å². The van der Waals surface area contributed by atoms with E-state index in [9.17, 15) is 9.18 Å². The van der Waals surface area contributed by atoms with Crippen LogP contribution in [0.25, 0.3) is 0 Å². The molecule has 2 rings (SSSR count). The van der Waals surface area contributed by atoms with E-state index in [4.69, 9.17) is 0 Å². The van der Waals surface area contributed by atoms with Gasteiger partial charge in [0.05, 0.1) is 0 Å². The number of Topliss-reactive ketones (excluding diaryl/α,β-unsaturated/α-hetero) is 1. The highest BCUT2D eigenvalue weighted by Crippen LogP contribution is 2.13. The van der Waals surface area contributed by atoms with Gasteiger partial charge in [-0.25, -0.2) is 4.39 Å². The van der Waals surface area contributed by atoms with Crippen molar-refractivity contribution < 1.29 is 9.18 Å². The third-order valence-electron chi connectivity index (χ3n) is 3.22. The number of carbonyl (C=O) groups excluding carboxylic acids is 1. The number of benzene rings is 2. The van der Waals surface area contributed by atoms with Gasteiger partial charge >= 0.3 is 0 Å². The number of hydrogen-bond donors (Lipinski definition) is 0. The fourth-order valence-corrected chi connectivity index (χ4v) is 2.04. The summed E-state index contributed by atoms with van der Waals surface area (Å²) in [5.74, 6) is -0.332. The molecule has 0 radical (unpaired) electrons. The van der Waals surface area contributed by atoms with Crippen LogP contribution >= 0.6 is 0 Å². The molecule has 0 fully saturated rings. The van der Waals surface area contributed by atoms with Crippen LogP contribution in [-0.4, -0.2) is 5.78 Å². The third-order valence-corrected chi connectivity index (χ3v) is 3.22. The molecule has 2 aromatic carbocycles. The van der Waals surface area contributed by atoms with Crippen LogP contribution in [0.5, 0.6) is 0 Å². The van der Waals surface area contributed by atoms with Crippen LogP contribution in [0.1, 0.15) is 33.5 Å². The molecule has 0 aliphatic rings. The van der Waals surface area contributed by atoms with Crippen molar-refractivity contribution in [3.63, 3.8) is 0 Å². The van der Waals surface area contributed by atoms with E-state index in [1.807, 2.05) is 25.1 Å². The first kappa shape index (κ1) is 13.5. The molecule has 19 heavy (non-hydrogen) atoms. The molecule has 0 amide bonds. The number of rotatable bonds is 4. The second kappa shape index (κ2) is 5.79. The van der Waals surface area contributed by atoms with Gasteiger partial charge in [0.1, 0.15) is 5.82 Å². The molecule has 0 saturated heterocycles. The predicted octanol–water partition coefficient (Wildman–Crippen LogP) is 4.26. The van der Waals surface area contributed by atoms with Gasteiger partial charge in [-0.05, 0) is 37.5 Å². The topological polar surface area (TPSA) is 17.1 Å². The van der Waals surface area contributed by atoms with Crippen LogP contribution in [-0.2, 0) is 6.42 Å². The summed E-state index contributed by atoms with van der Waals surface area (Å²) in [6.07, 6.45) is 1.10. The molecule has 98 valence electrons. The lowest BCUT2D eigenvalue weighted by Crippen LogP contribution is -2.02. The van der Waals surface area contributed by atoms with E-state index in [1.165, 1.54) is 11.6 Å². The van der Waals surface area contributed by atoms with Gasteiger partial charge in [0.25, 0.3) is 0 Å². The van der Waals surface area contributed by atoms with Gasteiger partial charge in [-0.1, -0.05) is 42.0 Å². The Kier molecular flexibility index (Phi) is 4.10. The molecule has 1 nitrogen and oxygen atoms in total. The normalized spacial score (nSPS) is 10.5. The number of ketones is 1. The first-order valence-electron chi connectivity index (χ1n) is 6.41. The molecule has 0 atom stereocenters. The Hall–Kier alpha value is -1.96. The van der Waals surface area contributed by atoms with E-state index in [0.717, 1.165) is 5.56 Å². The zero-order valence-electron chi connectivity index (χ0n) is 11.2. The van der Waals surface area contributed by atoms with Crippen molar-refractivity contribution in [3.05, 3.63) is 70.5 Å². The number of halogens is 1. The summed E-state index contributed by atoms with van der Waals surface area (Å²) in [4.78, 5) is 12.0. The first-order chi connectivity index (χ1) is 9.06. The Morgan fingerprint density at radius 2 is 1.89 bits per heavy atom. The maximum Gasteiger partial charge on any atom is 0.163 e. The summed E-state index contributed by atoms with van der Waals surface area (Å²) in [6, 6.07) is 12.8. The van der Waals surface area contributed by atoms with Crippen LogP contribution in [0, 0.1) is 19.7 Å². The molecule has 0 N–H and O–H groups in total. The molecular formula is C17H17FO. The van der Waals surface area contributed by atoms with Crippen molar-refractivity contribution in [1.29, 1.82) is 0 Å². The summed E-state index contributed by atoms with van der Waals surface area (Å²) >= 11 is 0. The van der Waals surface area contributed by atoms with Crippen molar-refractivity contribution in [2.24, 2.45) is 0 Å². The summed E-state index contributed by atoms with van der Waals surface area (Å²) in [6.45, 7) is 3.72. The second-order valence-electron chi connectivity index (χ2n) is 4.88. The van der Waals surface area contributed by atoms with Crippen LogP contribution in [0.4, 0.5) is 4.39 Å². The minimum atomic E-state index is -0.318. The van der Waals surface area contributed by atoms with E-state index in [2.05, 4.69) is 6.07 Å². The number of hydrogen-bond acceptors (Lipinski definition) is 1. The van der Waals surface area contributed by atoms with Crippen LogP contribution < -0.4 is 0 Å². The van der Waals surface area contributed by atoms with Gasteiger partial charge in [0.2, 0.25) is 0 Å². The third kappa shape index (κ3) is 3.50. The lowest BCUT2D eigenvalue weighted by Gasteiger charge is -2.04. The molecule has 0 aliphatic heterocycles. The maximum atomic E-state index is 13.4. The Morgan fingerprint density at radius 3 is 2.58 bits per heavy atom. The lowest BCUT2D eigenvalue weighted by molar-refractivity contribution is 0.0982. The number of aryl methyl sites for hydroxylation is 3. The van der Waals surface area contributed by atoms with Gasteiger partial charge in [-0.15, -0.1) is 0 Å². The minimum Gasteiger partial charge on any atom is -0.294 e. The molecule has 0 aromatic heterocycles. The van der Waals surface area contributed by atoms with Crippen LogP contribution in [0.2, 0.25) is 0 Å². The second-order valence-corrected chi connectivity index (χ2v) is 4.88. The Bertz CT molecular complexity index is 602. The SMILES string of the molecule is Cc1cccc(CCC(=O)c2ccc(C)c(F)c2)c1. The smallest absolute Gasteiger partial charge is 0.163 e. The van der Waals surface area contributed by atoms with Crippen LogP contribution in [0.15, 0.2) is 42.5 Å². The van der Waals surface area contributed by atoms with E-state index in [0.29, 0.717) is 24.0 Å². The van der Waals surface area contributed by atoms with E-state index < -0.39 is 0 Å². The maximum absolute atomic E-state index is 13.4. The van der Waals surface area contributed by atoms with Gasteiger partial charge < -0.3 is 0 Å². The van der Waals surface area contributed by atoms with E-state index in [1.54, 1.807) is 19.1 Å². The molecule has 2 heteroatoms. The molecule has 0 saturated carbocycles. The Labute approximate surface area is 113 Å². The predicted molar refractivity (Wildman–Crippen MR) is 75.0 cm³/mol. The highest BCUT2D eigenvalue weighted by molar-refractivity contribution is 5.96. The Balaban J connectivity index is 2.03. The fourth-order valence-electron chi connectivity index (χ4n) is 2.04. The van der Waals surface area contributed by atoms with Crippen molar-refractivity contribution in [2.75, 3.05) is 0 Å². The zero-order chi connectivity index (χ0) is 13.8. The molecule has 0 aliphatic carbocycles. The highest BCUT2D eigenvalue weighted by Gasteiger charge is 2.08. The molecular weight excluding hydrogens is 239 g/mol. The van der Waals surface area contributed by atoms with Gasteiger partial charge in [0.15, 0.2) is 5.78 Å². The van der Waals surface area contributed by atoms with E-state index >= 15 is 0 Å². The summed E-state index contributed by atoms with van der Waals surface area (Å²) < 4.78 is 13.4. The average Bonchev–Trinajstić information content (AvgIpc) is 2.39. The van der Waals surface area contributed by atoms with Crippen molar-refractivity contribution in [2.45, 2.75) is 26.7 Å². The Morgan fingerprint density at radius 1 is 1.11 bits per heavy atom. The minimum absolute atomic E-state index is 0.0135. The first-order valence-corrected chi connectivity index (χ1v) is 6.41. The van der Waals surface area contributed by atoms with Crippen molar-refractivity contribution in [3.8, 4) is 0 Å². The monoisotopic (exact) mass is 256 g/mol. The average molecular weight is 256 g/mol. The molecule has 0 unspecified atom stereocenters. The summed E-state index contributed by atoms with van der Waals surface area (Å²) in [5, 5.41) is 0. The lowest BCUT2D eigenvalue weighted by atomic mass is 10.0. The highest BCUT2D eigenvalue weighted by atomic mass is 19.1. The summed E-state index contributed by atoms with van der Waals surface area (Å²) in [7, 11) is 0. The molecule has 0 bridgehead atoms. The summed E-state index contributed by atoms with van der Waals surface area (Å²) in [5.41, 5.74) is 3.35. The van der Waals surface area contributed by atoms with Gasteiger partial charge in [-0.3, -0.25) is 4.79 Å².